The normalized spacial score (nSPS) is 9.65. The first-order valence-electron chi connectivity index (χ1n) is 6.11. The summed E-state index contributed by atoms with van der Waals surface area (Å²) in [6.45, 7) is 1.90. The SMILES string of the molecule is COc1ccc(C)cc1C(=O)Nc1ccccc1C#N. The molecule has 4 nitrogen and oxygen atoms in total. The van der Waals surface area contributed by atoms with E-state index in [1.165, 1.54) is 7.11 Å². The molecule has 0 saturated carbocycles. The summed E-state index contributed by atoms with van der Waals surface area (Å²) in [7, 11) is 1.52. The van der Waals surface area contributed by atoms with Gasteiger partial charge in [0.15, 0.2) is 0 Å². The molecule has 0 aliphatic carbocycles. The Morgan fingerprint density at radius 2 is 2.00 bits per heavy atom. The van der Waals surface area contributed by atoms with Crippen LogP contribution in [0.15, 0.2) is 42.5 Å². The van der Waals surface area contributed by atoms with E-state index in [0.717, 1.165) is 5.56 Å². The van der Waals surface area contributed by atoms with Crippen LogP contribution in [0.25, 0.3) is 0 Å². The number of ether oxygens (including phenoxy) is 1. The summed E-state index contributed by atoms with van der Waals surface area (Å²) in [5.41, 5.74) is 2.32. The first kappa shape index (κ1) is 13.6. The van der Waals surface area contributed by atoms with Crippen LogP contribution in [0.1, 0.15) is 21.5 Å². The number of rotatable bonds is 3. The third-order valence-electron chi connectivity index (χ3n) is 2.90. The Kier molecular flexibility index (Phi) is 4.02. The maximum absolute atomic E-state index is 12.3. The van der Waals surface area contributed by atoms with Crippen LogP contribution in [0, 0.1) is 18.3 Å². The first-order chi connectivity index (χ1) is 9.65. The number of amides is 1. The molecule has 1 N–H and O–H groups in total. The Bertz CT molecular complexity index is 687. The molecule has 20 heavy (non-hydrogen) atoms. The van der Waals surface area contributed by atoms with Crippen LogP contribution in [0.3, 0.4) is 0 Å². The van der Waals surface area contributed by atoms with Crippen LogP contribution in [-0.2, 0) is 0 Å². The van der Waals surface area contributed by atoms with Crippen molar-refractivity contribution < 1.29 is 9.53 Å². The number of aryl methyl sites for hydroxylation is 1. The Morgan fingerprint density at radius 1 is 1.25 bits per heavy atom. The molecule has 0 spiro atoms. The van der Waals surface area contributed by atoms with E-state index in [4.69, 9.17) is 10.00 Å². The number of para-hydroxylation sites is 1. The number of anilines is 1. The zero-order valence-electron chi connectivity index (χ0n) is 11.3. The van der Waals surface area contributed by atoms with Crippen molar-refractivity contribution in [1.82, 2.24) is 0 Å². The van der Waals surface area contributed by atoms with Gasteiger partial charge in [0.05, 0.1) is 23.9 Å². The van der Waals surface area contributed by atoms with Gasteiger partial charge in [-0.15, -0.1) is 0 Å². The zero-order valence-corrected chi connectivity index (χ0v) is 11.3. The molecule has 0 saturated heterocycles. The number of hydrogen-bond donors (Lipinski definition) is 1. The minimum Gasteiger partial charge on any atom is -0.496 e. The number of nitriles is 1. The van der Waals surface area contributed by atoms with E-state index >= 15 is 0 Å². The lowest BCUT2D eigenvalue weighted by Gasteiger charge is -2.11. The van der Waals surface area contributed by atoms with E-state index in [0.29, 0.717) is 22.6 Å². The maximum Gasteiger partial charge on any atom is 0.259 e. The number of methoxy groups -OCH3 is 1. The molecule has 2 aromatic rings. The molecule has 0 aromatic heterocycles. The van der Waals surface area contributed by atoms with Crippen LogP contribution in [0.5, 0.6) is 5.75 Å². The van der Waals surface area contributed by atoms with Gasteiger partial charge in [-0.3, -0.25) is 4.79 Å². The monoisotopic (exact) mass is 266 g/mol. The van der Waals surface area contributed by atoms with Gasteiger partial charge in [0.2, 0.25) is 0 Å². The van der Waals surface area contributed by atoms with Crippen LogP contribution < -0.4 is 10.1 Å². The number of carbonyl (C=O) groups is 1. The Balaban J connectivity index is 2.33. The van der Waals surface area contributed by atoms with Crippen LogP contribution in [-0.4, -0.2) is 13.0 Å². The number of nitrogens with zero attached hydrogens (tertiary/aromatic N) is 1. The van der Waals surface area contributed by atoms with Crippen LogP contribution >= 0.6 is 0 Å². The van der Waals surface area contributed by atoms with Gasteiger partial charge in [0, 0.05) is 0 Å². The van der Waals surface area contributed by atoms with Gasteiger partial charge in [-0.05, 0) is 31.2 Å². The molecule has 0 aliphatic heterocycles. The molecule has 2 aromatic carbocycles. The van der Waals surface area contributed by atoms with Crippen molar-refractivity contribution in [3.63, 3.8) is 0 Å². The van der Waals surface area contributed by atoms with Gasteiger partial charge in [0.1, 0.15) is 11.8 Å². The predicted molar refractivity (Wildman–Crippen MR) is 76.8 cm³/mol. The average molecular weight is 266 g/mol. The third kappa shape index (κ3) is 2.78. The molecule has 0 atom stereocenters. The summed E-state index contributed by atoms with van der Waals surface area (Å²) < 4.78 is 5.19. The van der Waals surface area contributed by atoms with Crippen molar-refractivity contribution >= 4 is 11.6 Å². The van der Waals surface area contributed by atoms with Crippen molar-refractivity contribution in [3.8, 4) is 11.8 Å². The fourth-order valence-electron chi connectivity index (χ4n) is 1.88. The van der Waals surface area contributed by atoms with Gasteiger partial charge in [-0.2, -0.15) is 5.26 Å². The fraction of sp³-hybridized carbons (Fsp3) is 0.125. The summed E-state index contributed by atoms with van der Waals surface area (Å²) in [6, 6.07) is 14.3. The highest BCUT2D eigenvalue weighted by Crippen LogP contribution is 2.22. The van der Waals surface area contributed by atoms with Crippen molar-refractivity contribution in [2.75, 3.05) is 12.4 Å². The third-order valence-corrected chi connectivity index (χ3v) is 2.90. The standard InChI is InChI=1S/C16H14N2O2/c1-11-7-8-15(20-2)13(9-11)16(19)18-14-6-4-3-5-12(14)10-17/h3-9H,1-2H3,(H,18,19). The second-order valence-electron chi connectivity index (χ2n) is 4.32. The molecule has 2 rings (SSSR count). The molecule has 0 fully saturated rings. The minimum absolute atomic E-state index is 0.298. The van der Waals surface area contributed by atoms with Crippen molar-refractivity contribution in [2.24, 2.45) is 0 Å². The summed E-state index contributed by atoms with van der Waals surface area (Å²) in [4.78, 5) is 12.3. The average Bonchev–Trinajstić information content (AvgIpc) is 2.47. The summed E-state index contributed by atoms with van der Waals surface area (Å²) >= 11 is 0. The largest absolute Gasteiger partial charge is 0.496 e. The Morgan fingerprint density at radius 3 is 2.70 bits per heavy atom. The lowest BCUT2D eigenvalue weighted by atomic mass is 10.1. The quantitative estimate of drug-likeness (QED) is 0.928. The minimum atomic E-state index is -0.298. The predicted octanol–water partition coefficient (Wildman–Crippen LogP) is 3.13. The van der Waals surface area contributed by atoms with E-state index < -0.39 is 0 Å². The van der Waals surface area contributed by atoms with Gasteiger partial charge in [0.25, 0.3) is 5.91 Å². The molecule has 100 valence electrons. The molecule has 0 heterocycles. The molecular weight excluding hydrogens is 252 g/mol. The van der Waals surface area contributed by atoms with Crippen LogP contribution in [0.4, 0.5) is 5.69 Å². The van der Waals surface area contributed by atoms with Crippen molar-refractivity contribution in [3.05, 3.63) is 59.2 Å². The van der Waals surface area contributed by atoms with Gasteiger partial charge < -0.3 is 10.1 Å². The smallest absolute Gasteiger partial charge is 0.259 e. The highest BCUT2D eigenvalue weighted by molar-refractivity contribution is 6.06. The van der Waals surface area contributed by atoms with Gasteiger partial charge >= 0.3 is 0 Å². The molecule has 4 heteroatoms. The van der Waals surface area contributed by atoms with E-state index in [-0.39, 0.29) is 5.91 Å². The topological polar surface area (TPSA) is 62.1 Å². The summed E-state index contributed by atoms with van der Waals surface area (Å²) in [5, 5.41) is 11.8. The first-order valence-corrected chi connectivity index (χ1v) is 6.11. The van der Waals surface area contributed by atoms with Gasteiger partial charge in [-0.25, -0.2) is 0 Å². The number of carbonyl (C=O) groups excluding carboxylic acids is 1. The molecule has 0 bridgehead atoms. The van der Waals surface area contributed by atoms with Crippen molar-refractivity contribution in [2.45, 2.75) is 6.92 Å². The molecular formula is C16H14N2O2. The van der Waals surface area contributed by atoms with E-state index in [2.05, 4.69) is 5.32 Å². The fourth-order valence-corrected chi connectivity index (χ4v) is 1.88. The number of benzene rings is 2. The Hall–Kier alpha value is -2.80. The lowest BCUT2D eigenvalue weighted by molar-refractivity contribution is 0.102. The second kappa shape index (κ2) is 5.89. The Labute approximate surface area is 117 Å². The zero-order chi connectivity index (χ0) is 14.5. The number of nitrogens with one attached hydrogen (secondary N) is 1. The highest BCUT2D eigenvalue weighted by atomic mass is 16.5. The molecule has 0 aliphatic rings. The van der Waals surface area contributed by atoms with Crippen molar-refractivity contribution in [1.29, 1.82) is 5.26 Å². The maximum atomic E-state index is 12.3. The molecule has 0 unspecified atom stereocenters. The highest BCUT2D eigenvalue weighted by Gasteiger charge is 2.14. The molecule has 1 amide bonds. The number of hydrogen-bond acceptors (Lipinski definition) is 3. The van der Waals surface area contributed by atoms with E-state index in [1.54, 1.807) is 36.4 Å². The van der Waals surface area contributed by atoms with Crippen LogP contribution in [0.2, 0.25) is 0 Å². The molecule has 0 radical (unpaired) electrons. The van der Waals surface area contributed by atoms with E-state index in [9.17, 15) is 4.79 Å². The lowest BCUT2D eigenvalue weighted by Crippen LogP contribution is -2.14. The second-order valence-corrected chi connectivity index (χ2v) is 4.32. The summed E-state index contributed by atoms with van der Waals surface area (Å²) in [6.07, 6.45) is 0. The summed E-state index contributed by atoms with van der Waals surface area (Å²) in [5.74, 6) is 0.204. The van der Waals surface area contributed by atoms with Gasteiger partial charge in [-0.1, -0.05) is 23.8 Å². The van der Waals surface area contributed by atoms with E-state index in [1.807, 2.05) is 19.1 Å².